The fraction of sp³-hybridized carbons (Fsp3) is 0.273. The number of rotatable bonds is 8. The summed E-state index contributed by atoms with van der Waals surface area (Å²) in [6.45, 7) is 4.28. The fourth-order valence-corrected chi connectivity index (χ4v) is 3.04. The van der Waals surface area contributed by atoms with Crippen molar-refractivity contribution in [2.24, 2.45) is 0 Å². The minimum Gasteiger partial charge on any atom is -0.294 e. The number of nitrogens with one attached hydrogen (secondary N) is 2. The number of hydrazine groups is 1. The summed E-state index contributed by atoms with van der Waals surface area (Å²) < 4.78 is 1.45. The molecule has 2 aromatic carbocycles. The maximum absolute atomic E-state index is 12.6. The molecule has 7 nitrogen and oxygen atoms in total. The Hall–Kier alpha value is -3.48. The number of amides is 1. The molecule has 0 fully saturated rings. The Bertz CT molecular complexity index is 1090. The van der Waals surface area contributed by atoms with E-state index in [1.807, 2.05) is 19.1 Å². The molecule has 1 amide bonds. The van der Waals surface area contributed by atoms with Crippen molar-refractivity contribution in [3.8, 4) is 0 Å². The SMILES string of the molecule is CCc1ccc(C(=O)CCC(=O)NNc2nc3ccccc3c(=O)n2CC)cc1. The molecule has 3 rings (SSSR count). The lowest BCUT2D eigenvalue weighted by Crippen LogP contribution is -2.34. The Morgan fingerprint density at radius 3 is 2.41 bits per heavy atom. The molecule has 0 saturated carbocycles. The number of carbonyl (C=O) groups is 2. The predicted molar refractivity (Wildman–Crippen MR) is 113 cm³/mol. The van der Waals surface area contributed by atoms with Crippen LogP contribution < -0.4 is 16.4 Å². The van der Waals surface area contributed by atoms with Crippen molar-refractivity contribution in [1.29, 1.82) is 0 Å². The van der Waals surface area contributed by atoms with Crippen molar-refractivity contribution in [3.05, 3.63) is 70.0 Å². The van der Waals surface area contributed by atoms with E-state index in [-0.39, 0.29) is 36.0 Å². The lowest BCUT2D eigenvalue weighted by Gasteiger charge is -2.14. The van der Waals surface area contributed by atoms with Gasteiger partial charge in [0.05, 0.1) is 10.9 Å². The van der Waals surface area contributed by atoms with E-state index in [1.165, 1.54) is 4.57 Å². The number of fused-ring (bicyclic) bond motifs is 1. The minimum absolute atomic E-state index is 0.0330. The normalized spacial score (nSPS) is 10.7. The van der Waals surface area contributed by atoms with Gasteiger partial charge in [-0.1, -0.05) is 43.3 Å². The van der Waals surface area contributed by atoms with Crippen molar-refractivity contribution in [1.82, 2.24) is 15.0 Å². The van der Waals surface area contributed by atoms with Crippen LogP contribution in [0.5, 0.6) is 0 Å². The van der Waals surface area contributed by atoms with Gasteiger partial charge >= 0.3 is 0 Å². The highest BCUT2D eigenvalue weighted by molar-refractivity contribution is 5.98. The molecule has 0 bridgehead atoms. The summed E-state index contributed by atoms with van der Waals surface area (Å²) in [4.78, 5) is 41.4. The van der Waals surface area contributed by atoms with Crippen LogP contribution in [0.4, 0.5) is 5.95 Å². The van der Waals surface area contributed by atoms with Crippen LogP contribution in [0.1, 0.15) is 42.6 Å². The molecule has 0 spiro atoms. The van der Waals surface area contributed by atoms with Crippen molar-refractivity contribution < 1.29 is 9.59 Å². The highest BCUT2D eigenvalue weighted by Crippen LogP contribution is 2.11. The van der Waals surface area contributed by atoms with Crippen molar-refractivity contribution in [2.45, 2.75) is 39.7 Å². The molecule has 0 aliphatic rings. The molecule has 1 heterocycles. The lowest BCUT2D eigenvalue weighted by atomic mass is 10.0. The average Bonchev–Trinajstić information content (AvgIpc) is 2.76. The topological polar surface area (TPSA) is 93.1 Å². The monoisotopic (exact) mass is 392 g/mol. The van der Waals surface area contributed by atoms with Crippen LogP contribution in [-0.4, -0.2) is 21.2 Å². The molecule has 0 saturated heterocycles. The van der Waals surface area contributed by atoms with E-state index in [0.29, 0.717) is 23.0 Å². The van der Waals surface area contributed by atoms with Gasteiger partial charge in [-0.05, 0) is 31.0 Å². The third-order valence-corrected chi connectivity index (χ3v) is 4.75. The number of hydrogen-bond acceptors (Lipinski definition) is 5. The number of nitrogens with zero attached hydrogens (tertiary/aromatic N) is 2. The number of hydrogen-bond donors (Lipinski definition) is 2. The third-order valence-electron chi connectivity index (χ3n) is 4.75. The van der Waals surface area contributed by atoms with Crippen LogP contribution >= 0.6 is 0 Å². The molecule has 2 N–H and O–H groups in total. The van der Waals surface area contributed by atoms with E-state index in [2.05, 4.69) is 22.8 Å². The van der Waals surface area contributed by atoms with E-state index in [4.69, 9.17) is 0 Å². The van der Waals surface area contributed by atoms with Gasteiger partial charge in [0.15, 0.2) is 5.78 Å². The molecule has 29 heavy (non-hydrogen) atoms. The van der Waals surface area contributed by atoms with Crippen LogP contribution in [0, 0.1) is 0 Å². The van der Waals surface area contributed by atoms with Gasteiger partial charge in [0.25, 0.3) is 5.56 Å². The highest BCUT2D eigenvalue weighted by Gasteiger charge is 2.12. The number of aromatic nitrogens is 2. The van der Waals surface area contributed by atoms with Gasteiger partial charge in [-0.2, -0.15) is 0 Å². The first-order valence-corrected chi connectivity index (χ1v) is 9.70. The minimum atomic E-state index is -0.353. The van der Waals surface area contributed by atoms with E-state index in [9.17, 15) is 14.4 Å². The summed E-state index contributed by atoms with van der Waals surface area (Å²) in [5.74, 6) is -0.184. The Kier molecular flexibility index (Phi) is 6.39. The zero-order valence-corrected chi connectivity index (χ0v) is 16.6. The van der Waals surface area contributed by atoms with E-state index in [1.54, 1.807) is 36.4 Å². The fourth-order valence-electron chi connectivity index (χ4n) is 3.04. The molecule has 0 aliphatic carbocycles. The molecular formula is C22H24N4O3. The number of carbonyl (C=O) groups excluding carboxylic acids is 2. The third kappa shape index (κ3) is 4.68. The summed E-state index contributed by atoms with van der Waals surface area (Å²) in [5.41, 5.74) is 7.37. The van der Waals surface area contributed by atoms with E-state index >= 15 is 0 Å². The van der Waals surface area contributed by atoms with Crippen molar-refractivity contribution in [3.63, 3.8) is 0 Å². The zero-order chi connectivity index (χ0) is 20.8. The van der Waals surface area contributed by atoms with Crippen molar-refractivity contribution >= 4 is 28.5 Å². The molecule has 0 atom stereocenters. The standard InChI is InChI=1S/C22H24N4O3/c1-3-15-9-11-16(12-10-15)19(27)13-14-20(28)24-25-22-23-18-8-6-5-7-17(18)21(29)26(22)4-2/h5-12H,3-4,13-14H2,1-2H3,(H,23,25)(H,24,28). The Morgan fingerprint density at radius 2 is 1.72 bits per heavy atom. The Balaban J connectivity index is 1.61. The molecule has 150 valence electrons. The van der Waals surface area contributed by atoms with Crippen LogP contribution in [0.3, 0.4) is 0 Å². The molecular weight excluding hydrogens is 368 g/mol. The second kappa shape index (κ2) is 9.14. The first-order valence-electron chi connectivity index (χ1n) is 9.70. The molecule has 1 aromatic heterocycles. The maximum Gasteiger partial charge on any atom is 0.262 e. The summed E-state index contributed by atoms with van der Waals surface area (Å²) >= 11 is 0. The quantitative estimate of drug-likeness (QED) is 0.454. The van der Waals surface area contributed by atoms with Gasteiger partial charge in [0, 0.05) is 24.9 Å². The largest absolute Gasteiger partial charge is 0.294 e. The number of para-hydroxylation sites is 1. The van der Waals surface area contributed by atoms with Gasteiger partial charge in [-0.25, -0.2) is 4.98 Å². The molecule has 0 aliphatic heterocycles. The molecule has 7 heteroatoms. The lowest BCUT2D eigenvalue weighted by molar-refractivity contribution is -0.120. The summed E-state index contributed by atoms with van der Waals surface area (Å²) in [7, 11) is 0. The van der Waals surface area contributed by atoms with Gasteiger partial charge in [-0.3, -0.25) is 29.8 Å². The first kappa shape index (κ1) is 20.3. The average molecular weight is 392 g/mol. The summed E-state index contributed by atoms with van der Waals surface area (Å²) in [6, 6.07) is 14.5. The maximum atomic E-state index is 12.6. The molecule has 0 unspecified atom stereocenters. The Labute approximate surface area is 168 Å². The van der Waals surface area contributed by atoms with Gasteiger partial charge in [0.1, 0.15) is 0 Å². The Morgan fingerprint density at radius 1 is 1.00 bits per heavy atom. The van der Waals surface area contributed by atoms with Gasteiger partial charge in [-0.15, -0.1) is 0 Å². The zero-order valence-electron chi connectivity index (χ0n) is 16.6. The second-order valence-corrected chi connectivity index (χ2v) is 6.65. The second-order valence-electron chi connectivity index (χ2n) is 6.65. The van der Waals surface area contributed by atoms with Gasteiger partial charge < -0.3 is 0 Å². The predicted octanol–water partition coefficient (Wildman–Crippen LogP) is 3.09. The van der Waals surface area contributed by atoms with E-state index < -0.39 is 0 Å². The van der Waals surface area contributed by atoms with Crippen LogP contribution in [0.2, 0.25) is 0 Å². The first-order chi connectivity index (χ1) is 14.0. The molecule has 0 radical (unpaired) electrons. The number of benzene rings is 2. The number of Topliss-reactive ketones (excluding diaryl/α,β-unsaturated/α-hetero) is 1. The summed E-state index contributed by atoms with van der Waals surface area (Å²) in [5, 5.41) is 0.519. The van der Waals surface area contributed by atoms with Gasteiger partial charge in [0.2, 0.25) is 11.9 Å². The smallest absolute Gasteiger partial charge is 0.262 e. The van der Waals surface area contributed by atoms with Crippen LogP contribution in [0.15, 0.2) is 53.3 Å². The van der Waals surface area contributed by atoms with E-state index in [0.717, 1.165) is 12.0 Å². The number of aryl methyl sites for hydroxylation is 1. The highest BCUT2D eigenvalue weighted by atomic mass is 16.2. The van der Waals surface area contributed by atoms with Crippen molar-refractivity contribution in [2.75, 3.05) is 5.43 Å². The molecule has 3 aromatic rings. The van der Waals surface area contributed by atoms with Crippen LogP contribution in [-0.2, 0) is 17.8 Å². The van der Waals surface area contributed by atoms with Crippen LogP contribution in [0.25, 0.3) is 10.9 Å². The summed E-state index contributed by atoms with van der Waals surface area (Å²) in [6.07, 6.45) is 1.05. The number of ketones is 1. The number of anilines is 1.